The molecule has 0 saturated heterocycles. The number of halogens is 3. The van der Waals surface area contributed by atoms with Gasteiger partial charge in [0.1, 0.15) is 5.75 Å². The SMILES string of the molecule is CCOC(=O)[C@](O)(c1ccc2ccccc2c1O)C(F)(F)F. The van der Waals surface area contributed by atoms with E-state index in [1.807, 2.05) is 0 Å². The van der Waals surface area contributed by atoms with Crippen molar-refractivity contribution in [2.24, 2.45) is 0 Å². The Morgan fingerprint density at radius 3 is 2.41 bits per heavy atom. The lowest BCUT2D eigenvalue weighted by atomic mass is 9.90. The molecule has 0 amide bonds. The van der Waals surface area contributed by atoms with Crippen LogP contribution in [0.25, 0.3) is 10.8 Å². The molecule has 0 heterocycles. The molecule has 0 aromatic heterocycles. The predicted octanol–water partition coefficient (Wildman–Crippen LogP) is 2.86. The van der Waals surface area contributed by atoms with E-state index in [4.69, 9.17) is 0 Å². The Morgan fingerprint density at radius 2 is 1.82 bits per heavy atom. The Balaban J connectivity index is 2.73. The quantitative estimate of drug-likeness (QED) is 0.855. The first-order valence-corrected chi connectivity index (χ1v) is 6.41. The minimum absolute atomic E-state index is 0.0898. The molecule has 2 aromatic rings. The number of carbonyl (C=O) groups is 1. The molecule has 0 aliphatic carbocycles. The predicted molar refractivity (Wildman–Crippen MR) is 72.2 cm³/mol. The summed E-state index contributed by atoms with van der Waals surface area (Å²) >= 11 is 0. The highest BCUT2D eigenvalue weighted by Crippen LogP contribution is 2.45. The summed E-state index contributed by atoms with van der Waals surface area (Å²) in [6, 6.07) is 8.26. The number of rotatable bonds is 3. The van der Waals surface area contributed by atoms with Crippen LogP contribution >= 0.6 is 0 Å². The minimum atomic E-state index is -5.35. The lowest BCUT2D eigenvalue weighted by molar-refractivity contribution is -0.268. The Kier molecular flexibility index (Phi) is 4.02. The number of aromatic hydroxyl groups is 1. The average Bonchev–Trinajstić information content (AvgIpc) is 2.46. The fourth-order valence-electron chi connectivity index (χ4n) is 2.16. The molecule has 2 rings (SSSR count). The van der Waals surface area contributed by atoms with Crippen LogP contribution in [0.4, 0.5) is 13.2 Å². The van der Waals surface area contributed by atoms with E-state index in [1.165, 1.54) is 25.1 Å². The van der Waals surface area contributed by atoms with Crippen LogP contribution in [0, 0.1) is 0 Å². The number of phenols is 1. The van der Waals surface area contributed by atoms with E-state index in [-0.39, 0.29) is 12.0 Å². The second kappa shape index (κ2) is 5.49. The first-order valence-electron chi connectivity index (χ1n) is 6.41. The van der Waals surface area contributed by atoms with Crippen molar-refractivity contribution < 1.29 is 32.9 Å². The van der Waals surface area contributed by atoms with Crippen LogP contribution in [0.15, 0.2) is 36.4 Å². The van der Waals surface area contributed by atoms with Gasteiger partial charge in [0.05, 0.1) is 6.61 Å². The highest BCUT2D eigenvalue weighted by molar-refractivity contribution is 5.93. The summed E-state index contributed by atoms with van der Waals surface area (Å²) in [7, 11) is 0. The second-order valence-electron chi connectivity index (χ2n) is 4.61. The average molecular weight is 314 g/mol. The number of hydrogen-bond acceptors (Lipinski definition) is 4. The van der Waals surface area contributed by atoms with Crippen molar-refractivity contribution in [2.75, 3.05) is 6.61 Å². The summed E-state index contributed by atoms with van der Waals surface area (Å²) in [5.74, 6) is -2.70. The van der Waals surface area contributed by atoms with Crippen LogP contribution in [0.1, 0.15) is 12.5 Å². The van der Waals surface area contributed by atoms with Crippen LogP contribution in [-0.2, 0) is 15.1 Å². The molecule has 0 aliphatic heterocycles. The molecule has 0 aliphatic rings. The Labute approximate surface area is 123 Å². The molecule has 0 fully saturated rings. The van der Waals surface area contributed by atoms with Gasteiger partial charge in [-0.3, -0.25) is 0 Å². The number of hydrogen-bond donors (Lipinski definition) is 2. The number of phenolic OH excluding ortho intramolecular Hbond substituents is 1. The van der Waals surface area contributed by atoms with Gasteiger partial charge < -0.3 is 14.9 Å². The lowest BCUT2D eigenvalue weighted by Crippen LogP contribution is -2.50. The second-order valence-corrected chi connectivity index (χ2v) is 4.61. The van der Waals surface area contributed by atoms with Crippen molar-refractivity contribution in [2.45, 2.75) is 18.7 Å². The van der Waals surface area contributed by atoms with Crippen molar-refractivity contribution in [3.05, 3.63) is 42.0 Å². The van der Waals surface area contributed by atoms with E-state index in [1.54, 1.807) is 12.1 Å². The highest BCUT2D eigenvalue weighted by atomic mass is 19.4. The first kappa shape index (κ1) is 16.1. The molecule has 22 heavy (non-hydrogen) atoms. The maximum Gasteiger partial charge on any atom is 0.432 e. The molecule has 118 valence electrons. The zero-order valence-electron chi connectivity index (χ0n) is 11.5. The molecular weight excluding hydrogens is 301 g/mol. The maximum absolute atomic E-state index is 13.3. The molecule has 7 heteroatoms. The smallest absolute Gasteiger partial charge is 0.432 e. The van der Waals surface area contributed by atoms with Crippen molar-refractivity contribution in [1.82, 2.24) is 0 Å². The summed E-state index contributed by atoms with van der Waals surface area (Å²) in [4.78, 5) is 11.7. The molecular formula is C15H13F3O4. The fraction of sp³-hybridized carbons (Fsp3) is 0.267. The zero-order chi connectivity index (χ0) is 16.5. The van der Waals surface area contributed by atoms with Gasteiger partial charge in [-0.25, -0.2) is 4.79 Å². The number of ether oxygens (including phenoxy) is 1. The topological polar surface area (TPSA) is 66.8 Å². The Bertz CT molecular complexity index is 711. The van der Waals surface area contributed by atoms with Crippen LogP contribution in [0.5, 0.6) is 5.75 Å². The molecule has 2 N–H and O–H groups in total. The third-order valence-corrected chi connectivity index (χ3v) is 3.27. The van der Waals surface area contributed by atoms with Crippen LogP contribution in [0.2, 0.25) is 0 Å². The number of aliphatic hydroxyl groups is 1. The van der Waals surface area contributed by atoms with Gasteiger partial charge in [-0.1, -0.05) is 36.4 Å². The van der Waals surface area contributed by atoms with Crippen LogP contribution in [-0.4, -0.2) is 29.0 Å². The summed E-state index contributed by atoms with van der Waals surface area (Å²) in [6.45, 7) is 0.973. The van der Waals surface area contributed by atoms with Gasteiger partial charge in [0.15, 0.2) is 0 Å². The van der Waals surface area contributed by atoms with Gasteiger partial charge >= 0.3 is 12.1 Å². The van der Waals surface area contributed by atoms with E-state index < -0.39 is 29.1 Å². The van der Waals surface area contributed by atoms with E-state index in [0.29, 0.717) is 5.39 Å². The normalized spacial score (nSPS) is 14.6. The summed E-state index contributed by atoms with van der Waals surface area (Å²) in [5.41, 5.74) is -4.89. The molecule has 4 nitrogen and oxygen atoms in total. The molecule has 0 unspecified atom stereocenters. The number of benzene rings is 2. The fourth-order valence-corrected chi connectivity index (χ4v) is 2.16. The number of carbonyl (C=O) groups excluding carboxylic acids is 1. The highest BCUT2D eigenvalue weighted by Gasteiger charge is 2.63. The van der Waals surface area contributed by atoms with Crippen molar-refractivity contribution in [3.8, 4) is 5.75 Å². The molecule has 0 spiro atoms. The van der Waals surface area contributed by atoms with Crippen molar-refractivity contribution in [3.63, 3.8) is 0 Å². The molecule has 0 saturated carbocycles. The number of alkyl halides is 3. The summed E-state index contributed by atoms with van der Waals surface area (Å²) < 4.78 is 44.2. The largest absolute Gasteiger partial charge is 0.507 e. The van der Waals surface area contributed by atoms with Crippen LogP contribution < -0.4 is 0 Å². The molecule has 0 radical (unpaired) electrons. The summed E-state index contributed by atoms with van der Waals surface area (Å²) in [6.07, 6.45) is -5.35. The Morgan fingerprint density at radius 1 is 1.18 bits per heavy atom. The third-order valence-electron chi connectivity index (χ3n) is 3.27. The van der Waals surface area contributed by atoms with Gasteiger partial charge in [0.25, 0.3) is 5.60 Å². The summed E-state index contributed by atoms with van der Waals surface area (Å²) in [5, 5.41) is 20.7. The van der Waals surface area contributed by atoms with Gasteiger partial charge in [-0.05, 0) is 12.3 Å². The van der Waals surface area contributed by atoms with Gasteiger partial charge in [-0.2, -0.15) is 13.2 Å². The van der Waals surface area contributed by atoms with Crippen molar-refractivity contribution in [1.29, 1.82) is 0 Å². The van der Waals surface area contributed by atoms with E-state index in [9.17, 15) is 28.2 Å². The van der Waals surface area contributed by atoms with Gasteiger partial charge in [0, 0.05) is 10.9 Å². The number of esters is 1. The van der Waals surface area contributed by atoms with Crippen LogP contribution in [0.3, 0.4) is 0 Å². The third kappa shape index (κ3) is 2.37. The standard InChI is InChI=1S/C15H13F3O4/c1-2-22-13(20)14(21,15(16,17)18)11-8-7-9-5-3-4-6-10(9)12(11)19/h3-8,19,21H,2H2,1H3/t14-/m1/s1. The van der Waals surface area contributed by atoms with Gasteiger partial charge in [0.2, 0.25) is 0 Å². The number of fused-ring (bicyclic) bond motifs is 1. The first-order chi connectivity index (χ1) is 10.2. The molecule has 0 bridgehead atoms. The van der Waals surface area contributed by atoms with Gasteiger partial charge in [-0.15, -0.1) is 0 Å². The lowest BCUT2D eigenvalue weighted by Gasteiger charge is -2.29. The Hall–Kier alpha value is -2.28. The van der Waals surface area contributed by atoms with Crippen molar-refractivity contribution >= 4 is 16.7 Å². The zero-order valence-corrected chi connectivity index (χ0v) is 11.5. The van der Waals surface area contributed by atoms with E-state index in [0.717, 1.165) is 6.07 Å². The van der Waals surface area contributed by atoms with E-state index in [2.05, 4.69) is 4.74 Å². The molecule has 1 atom stereocenters. The monoisotopic (exact) mass is 314 g/mol. The maximum atomic E-state index is 13.3. The van der Waals surface area contributed by atoms with E-state index >= 15 is 0 Å². The minimum Gasteiger partial charge on any atom is -0.507 e. The molecule has 2 aromatic carbocycles.